The van der Waals surface area contributed by atoms with E-state index in [2.05, 4.69) is 34.3 Å². The molecule has 0 unspecified atom stereocenters. The SMILES string of the molecule is C=CNC.CNc1cccc(C2CCCCC2)n1. The maximum Gasteiger partial charge on any atom is 0.125 e. The van der Waals surface area contributed by atoms with Gasteiger partial charge in [0.05, 0.1) is 0 Å². The highest BCUT2D eigenvalue weighted by atomic mass is 15.0. The molecule has 0 radical (unpaired) electrons. The Hall–Kier alpha value is -1.51. The molecule has 0 aromatic carbocycles. The van der Waals surface area contributed by atoms with Crippen LogP contribution in [0.4, 0.5) is 5.82 Å². The van der Waals surface area contributed by atoms with Crippen LogP contribution in [0.15, 0.2) is 31.0 Å². The lowest BCUT2D eigenvalue weighted by Gasteiger charge is -2.21. The monoisotopic (exact) mass is 247 g/mol. The predicted molar refractivity (Wildman–Crippen MR) is 78.9 cm³/mol. The number of aromatic nitrogens is 1. The number of anilines is 1. The molecule has 1 aliphatic rings. The summed E-state index contributed by atoms with van der Waals surface area (Å²) in [6.45, 7) is 3.37. The van der Waals surface area contributed by atoms with Gasteiger partial charge in [-0.3, -0.25) is 0 Å². The number of nitrogens with zero attached hydrogens (tertiary/aromatic N) is 1. The van der Waals surface area contributed by atoms with E-state index in [0.29, 0.717) is 5.92 Å². The van der Waals surface area contributed by atoms with Crippen molar-refractivity contribution in [3.05, 3.63) is 36.7 Å². The summed E-state index contributed by atoms with van der Waals surface area (Å²) in [5, 5.41) is 5.79. The first kappa shape index (κ1) is 14.6. The van der Waals surface area contributed by atoms with E-state index in [0.717, 1.165) is 5.82 Å². The molecule has 2 N–H and O–H groups in total. The standard InChI is InChI=1S/C12H18N2.C3H7N/c1-13-12-9-5-8-11(14-12)10-6-3-2-4-7-10;1-3-4-2/h5,8-10H,2-4,6-7H2,1H3,(H,13,14);3-4H,1H2,2H3. The number of nitrogens with one attached hydrogen (secondary N) is 2. The van der Waals surface area contributed by atoms with E-state index in [9.17, 15) is 0 Å². The normalized spacial score (nSPS) is 15.2. The smallest absolute Gasteiger partial charge is 0.125 e. The summed E-state index contributed by atoms with van der Waals surface area (Å²) in [6, 6.07) is 6.28. The molecule has 0 aliphatic heterocycles. The Bertz CT molecular complexity index is 343. The molecule has 1 fully saturated rings. The molecule has 0 spiro atoms. The van der Waals surface area contributed by atoms with Crippen molar-refractivity contribution in [3.8, 4) is 0 Å². The Kier molecular flexibility index (Phi) is 6.92. The van der Waals surface area contributed by atoms with Crippen molar-refractivity contribution < 1.29 is 0 Å². The summed E-state index contributed by atoms with van der Waals surface area (Å²) in [7, 11) is 3.74. The predicted octanol–water partition coefficient (Wildman–Crippen LogP) is 3.52. The summed E-state index contributed by atoms with van der Waals surface area (Å²) in [6.07, 6.45) is 8.41. The summed E-state index contributed by atoms with van der Waals surface area (Å²) in [4.78, 5) is 4.60. The summed E-state index contributed by atoms with van der Waals surface area (Å²) in [5.41, 5.74) is 1.27. The second-order valence-electron chi connectivity index (χ2n) is 4.53. The third-order valence-corrected chi connectivity index (χ3v) is 3.25. The van der Waals surface area contributed by atoms with Gasteiger partial charge >= 0.3 is 0 Å². The van der Waals surface area contributed by atoms with Crippen LogP contribution in [0, 0.1) is 0 Å². The molecule has 0 bridgehead atoms. The minimum absolute atomic E-state index is 0.706. The largest absolute Gasteiger partial charge is 0.394 e. The zero-order valence-electron chi connectivity index (χ0n) is 11.6. The molecule has 1 aromatic heterocycles. The Morgan fingerprint density at radius 3 is 2.44 bits per heavy atom. The average molecular weight is 247 g/mol. The number of pyridine rings is 1. The lowest BCUT2D eigenvalue weighted by Crippen LogP contribution is -2.07. The van der Waals surface area contributed by atoms with Crippen molar-refractivity contribution in [3.63, 3.8) is 0 Å². The fourth-order valence-electron chi connectivity index (χ4n) is 2.22. The van der Waals surface area contributed by atoms with Crippen LogP contribution in [0.2, 0.25) is 0 Å². The molecule has 0 amide bonds. The number of hydrogen-bond acceptors (Lipinski definition) is 3. The molecule has 3 heteroatoms. The molecular formula is C15H25N3. The van der Waals surface area contributed by atoms with E-state index in [1.165, 1.54) is 37.8 Å². The minimum Gasteiger partial charge on any atom is -0.394 e. The van der Waals surface area contributed by atoms with Gasteiger partial charge in [-0.05, 0) is 31.2 Å². The summed E-state index contributed by atoms with van der Waals surface area (Å²) in [5.74, 6) is 1.70. The Labute approximate surface area is 111 Å². The number of rotatable bonds is 3. The van der Waals surface area contributed by atoms with Crippen molar-refractivity contribution in [2.75, 3.05) is 19.4 Å². The number of hydrogen-bond donors (Lipinski definition) is 2. The zero-order valence-corrected chi connectivity index (χ0v) is 11.6. The minimum atomic E-state index is 0.706. The van der Waals surface area contributed by atoms with E-state index in [-0.39, 0.29) is 0 Å². The van der Waals surface area contributed by atoms with Crippen molar-refractivity contribution in [2.45, 2.75) is 38.0 Å². The summed E-state index contributed by atoms with van der Waals surface area (Å²) < 4.78 is 0. The topological polar surface area (TPSA) is 37.0 Å². The van der Waals surface area contributed by atoms with Gasteiger partial charge in [-0.25, -0.2) is 4.98 Å². The molecule has 18 heavy (non-hydrogen) atoms. The van der Waals surface area contributed by atoms with E-state index in [4.69, 9.17) is 0 Å². The van der Waals surface area contributed by atoms with E-state index in [1.807, 2.05) is 20.2 Å². The molecule has 100 valence electrons. The molecule has 1 aromatic rings. The first-order valence-corrected chi connectivity index (χ1v) is 6.74. The lowest BCUT2D eigenvalue weighted by molar-refractivity contribution is 0.437. The maximum absolute atomic E-state index is 4.60. The van der Waals surface area contributed by atoms with Gasteiger partial charge in [0.2, 0.25) is 0 Å². The highest BCUT2D eigenvalue weighted by Crippen LogP contribution is 2.31. The van der Waals surface area contributed by atoms with Crippen molar-refractivity contribution >= 4 is 5.82 Å². The Balaban J connectivity index is 0.000000357. The Morgan fingerprint density at radius 2 is 1.89 bits per heavy atom. The maximum atomic E-state index is 4.60. The first-order chi connectivity index (χ1) is 8.81. The first-order valence-electron chi connectivity index (χ1n) is 6.74. The van der Waals surface area contributed by atoms with Crippen molar-refractivity contribution in [1.82, 2.24) is 10.3 Å². The van der Waals surface area contributed by atoms with Gasteiger partial charge in [0.15, 0.2) is 0 Å². The van der Waals surface area contributed by atoms with E-state index < -0.39 is 0 Å². The van der Waals surface area contributed by atoms with Crippen LogP contribution in [0.3, 0.4) is 0 Å². The zero-order chi connectivity index (χ0) is 13.2. The van der Waals surface area contributed by atoms with Crippen molar-refractivity contribution in [2.24, 2.45) is 0 Å². The molecule has 2 rings (SSSR count). The fourth-order valence-corrected chi connectivity index (χ4v) is 2.22. The van der Waals surface area contributed by atoms with Crippen LogP contribution in [0.5, 0.6) is 0 Å². The third kappa shape index (κ3) is 4.78. The average Bonchev–Trinajstić information content (AvgIpc) is 2.48. The molecule has 3 nitrogen and oxygen atoms in total. The molecule has 1 saturated carbocycles. The molecule has 1 aliphatic carbocycles. The van der Waals surface area contributed by atoms with E-state index >= 15 is 0 Å². The second-order valence-corrected chi connectivity index (χ2v) is 4.53. The quantitative estimate of drug-likeness (QED) is 0.858. The second kappa shape index (κ2) is 8.56. The van der Waals surface area contributed by atoms with Gasteiger partial charge in [-0.2, -0.15) is 0 Å². The van der Waals surface area contributed by atoms with Crippen LogP contribution in [-0.4, -0.2) is 19.1 Å². The van der Waals surface area contributed by atoms with Crippen LogP contribution in [0.25, 0.3) is 0 Å². The third-order valence-electron chi connectivity index (χ3n) is 3.25. The van der Waals surface area contributed by atoms with E-state index in [1.54, 1.807) is 6.20 Å². The van der Waals surface area contributed by atoms with Crippen LogP contribution in [-0.2, 0) is 0 Å². The van der Waals surface area contributed by atoms with Gasteiger partial charge in [-0.15, -0.1) is 0 Å². The Morgan fingerprint density at radius 1 is 1.22 bits per heavy atom. The van der Waals surface area contributed by atoms with Crippen LogP contribution < -0.4 is 10.6 Å². The van der Waals surface area contributed by atoms with Crippen LogP contribution >= 0.6 is 0 Å². The molecular weight excluding hydrogens is 222 g/mol. The molecule has 0 saturated heterocycles. The lowest BCUT2D eigenvalue weighted by atomic mass is 9.87. The van der Waals surface area contributed by atoms with Gasteiger partial charge in [0, 0.05) is 25.7 Å². The van der Waals surface area contributed by atoms with Crippen molar-refractivity contribution in [1.29, 1.82) is 0 Å². The highest BCUT2D eigenvalue weighted by molar-refractivity contribution is 5.35. The fraction of sp³-hybridized carbons (Fsp3) is 0.533. The molecule has 1 heterocycles. The van der Waals surface area contributed by atoms with Gasteiger partial charge in [0.25, 0.3) is 0 Å². The van der Waals surface area contributed by atoms with Gasteiger partial charge in [0.1, 0.15) is 5.82 Å². The molecule has 0 atom stereocenters. The van der Waals surface area contributed by atoms with Crippen LogP contribution in [0.1, 0.15) is 43.7 Å². The van der Waals surface area contributed by atoms with Gasteiger partial charge < -0.3 is 10.6 Å². The highest BCUT2D eigenvalue weighted by Gasteiger charge is 2.16. The summed E-state index contributed by atoms with van der Waals surface area (Å²) >= 11 is 0. The van der Waals surface area contributed by atoms with Gasteiger partial charge in [-0.1, -0.05) is 31.9 Å².